The van der Waals surface area contributed by atoms with Crippen molar-refractivity contribution in [2.45, 2.75) is 46.3 Å². The van der Waals surface area contributed by atoms with Gasteiger partial charge in [0.1, 0.15) is 22.7 Å². The molecule has 2 aliphatic heterocycles. The van der Waals surface area contributed by atoms with Gasteiger partial charge in [-0.05, 0) is 68.1 Å². The van der Waals surface area contributed by atoms with Crippen LogP contribution in [0.2, 0.25) is 0 Å². The highest BCUT2D eigenvalue weighted by molar-refractivity contribution is 6.02. The molecule has 1 spiro atoms. The number of aryl methyl sites for hydroxylation is 2. The molecule has 0 saturated carbocycles. The van der Waals surface area contributed by atoms with Gasteiger partial charge in [0.2, 0.25) is 0 Å². The molecule has 7 rings (SSSR count). The molecule has 2 N–H and O–H groups in total. The van der Waals surface area contributed by atoms with E-state index < -0.39 is 5.54 Å². The number of carbonyl (C=O) groups is 1. The molecule has 4 aromatic carbocycles. The van der Waals surface area contributed by atoms with Crippen LogP contribution in [-0.2, 0) is 18.6 Å². The van der Waals surface area contributed by atoms with E-state index in [0.717, 1.165) is 75.0 Å². The van der Waals surface area contributed by atoms with E-state index in [4.69, 9.17) is 4.74 Å². The van der Waals surface area contributed by atoms with Crippen LogP contribution in [0, 0.1) is 13.8 Å². The van der Waals surface area contributed by atoms with Crippen LogP contribution >= 0.6 is 0 Å². The molecule has 0 saturated heterocycles. The number of benzene rings is 4. The lowest BCUT2D eigenvalue weighted by Gasteiger charge is -2.44. The Kier molecular flexibility index (Phi) is 6.84. The van der Waals surface area contributed by atoms with Gasteiger partial charge in [0.15, 0.2) is 0 Å². The van der Waals surface area contributed by atoms with E-state index in [0.29, 0.717) is 12.1 Å². The highest BCUT2D eigenvalue weighted by Crippen LogP contribution is 2.59. The van der Waals surface area contributed by atoms with Gasteiger partial charge in [0, 0.05) is 53.3 Å². The zero-order valence-electron chi connectivity index (χ0n) is 25.5. The first kappa shape index (κ1) is 27.7. The Labute approximate surface area is 257 Å². The van der Waals surface area contributed by atoms with Gasteiger partial charge >= 0.3 is 0 Å². The Bertz CT molecular complexity index is 1820. The number of rotatable bonds is 8. The summed E-state index contributed by atoms with van der Waals surface area (Å²) in [6, 6.07) is 26.6. The second-order valence-electron chi connectivity index (χ2n) is 11.5. The van der Waals surface area contributed by atoms with Gasteiger partial charge in [-0.3, -0.25) is 4.79 Å². The van der Waals surface area contributed by atoms with Gasteiger partial charge in [-0.2, -0.15) is 0 Å². The van der Waals surface area contributed by atoms with E-state index in [-0.39, 0.29) is 12.5 Å². The van der Waals surface area contributed by atoms with Crippen LogP contribution in [0.4, 0.5) is 11.4 Å². The normalized spacial score (nSPS) is 14.2. The number of anilines is 2. The number of aromatic nitrogens is 3. The third-order valence-electron chi connectivity index (χ3n) is 8.68. The van der Waals surface area contributed by atoms with Crippen LogP contribution in [0.25, 0.3) is 0 Å². The summed E-state index contributed by atoms with van der Waals surface area (Å²) in [6.45, 7) is 10.8. The van der Waals surface area contributed by atoms with E-state index in [2.05, 4.69) is 91.1 Å². The number of ether oxygens (including phenoxy) is 1. The summed E-state index contributed by atoms with van der Waals surface area (Å²) < 4.78 is 8.55. The van der Waals surface area contributed by atoms with Crippen LogP contribution in [0.3, 0.4) is 0 Å². The second-order valence-corrected chi connectivity index (χ2v) is 11.5. The standard InChI is InChI=1S/C36H36N6O2/c1-5-37-31-18-33-29(16-23(31)3)36(30-17-24(4)32(38-6-2)19-34(30)44-33)28-15-11-10-14-27(28)35(43)42(36)22-26-21-41(40-39-26)20-25-12-8-7-9-13-25/h7-19,21,37-38H,5-6,20,22H2,1-4H3. The number of amides is 1. The van der Waals surface area contributed by atoms with Crippen molar-refractivity contribution in [2.75, 3.05) is 23.7 Å². The Morgan fingerprint density at radius 2 is 1.39 bits per heavy atom. The quantitative estimate of drug-likeness (QED) is 0.207. The van der Waals surface area contributed by atoms with Crippen molar-refractivity contribution < 1.29 is 9.53 Å². The summed E-state index contributed by atoms with van der Waals surface area (Å²) in [5, 5.41) is 15.9. The van der Waals surface area contributed by atoms with E-state index >= 15 is 0 Å². The fraction of sp³-hybridized carbons (Fsp3) is 0.250. The first-order chi connectivity index (χ1) is 21.4. The van der Waals surface area contributed by atoms with E-state index in [1.165, 1.54) is 0 Å². The second kappa shape index (κ2) is 10.9. The number of fused-ring (bicyclic) bond motifs is 6. The maximum atomic E-state index is 14.5. The van der Waals surface area contributed by atoms with Crippen molar-refractivity contribution in [3.8, 4) is 11.5 Å². The van der Waals surface area contributed by atoms with Crippen LogP contribution in [-0.4, -0.2) is 38.9 Å². The predicted molar refractivity (Wildman–Crippen MR) is 173 cm³/mol. The average Bonchev–Trinajstić information content (AvgIpc) is 3.56. The molecule has 8 heteroatoms. The molecule has 8 nitrogen and oxygen atoms in total. The molecule has 0 radical (unpaired) electrons. The zero-order chi connectivity index (χ0) is 30.4. The van der Waals surface area contributed by atoms with Crippen molar-refractivity contribution in [3.63, 3.8) is 0 Å². The molecule has 0 fully saturated rings. The number of hydrogen-bond acceptors (Lipinski definition) is 6. The fourth-order valence-electron chi connectivity index (χ4n) is 6.76. The molecule has 0 unspecified atom stereocenters. The maximum absolute atomic E-state index is 14.5. The Morgan fingerprint density at radius 3 is 2.02 bits per heavy atom. The number of carbonyl (C=O) groups excluding carboxylic acids is 1. The summed E-state index contributed by atoms with van der Waals surface area (Å²) in [5.41, 5.74) is 8.63. The minimum absolute atomic E-state index is 0.0427. The van der Waals surface area contributed by atoms with Gasteiger partial charge in [-0.25, -0.2) is 4.68 Å². The first-order valence-electron chi connectivity index (χ1n) is 15.2. The van der Waals surface area contributed by atoms with Crippen LogP contribution in [0.1, 0.15) is 63.3 Å². The molecule has 2 aliphatic rings. The lowest BCUT2D eigenvalue weighted by molar-refractivity contribution is 0.0642. The average molecular weight is 585 g/mol. The van der Waals surface area contributed by atoms with Gasteiger partial charge < -0.3 is 20.3 Å². The minimum Gasteiger partial charge on any atom is -0.456 e. The third-order valence-corrected chi connectivity index (χ3v) is 8.68. The molecule has 0 aliphatic carbocycles. The third kappa shape index (κ3) is 4.32. The molecular weight excluding hydrogens is 548 g/mol. The molecule has 44 heavy (non-hydrogen) atoms. The zero-order valence-corrected chi connectivity index (χ0v) is 25.5. The molecule has 222 valence electrons. The topological polar surface area (TPSA) is 84.3 Å². The molecule has 0 atom stereocenters. The van der Waals surface area contributed by atoms with Gasteiger partial charge in [-0.1, -0.05) is 53.7 Å². The minimum atomic E-state index is -0.926. The Hall–Kier alpha value is -5.11. The predicted octanol–water partition coefficient (Wildman–Crippen LogP) is 6.86. The number of hydrogen-bond donors (Lipinski definition) is 2. The Balaban J connectivity index is 1.44. The molecular formula is C36H36N6O2. The summed E-state index contributed by atoms with van der Waals surface area (Å²) in [4.78, 5) is 16.5. The lowest BCUT2D eigenvalue weighted by Crippen LogP contribution is -2.47. The van der Waals surface area contributed by atoms with Crippen LogP contribution < -0.4 is 15.4 Å². The summed E-state index contributed by atoms with van der Waals surface area (Å²) in [5.74, 6) is 1.42. The molecule has 3 heterocycles. The van der Waals surface area contributed by atoms with Crippen LogP contribution in [0.5, 0.6) is 11.5 Å². The molecule has 0 bridgehead atoms. The highest BCUT2D eigenvalue weighted by Gasteiger charge is 2.56. The monoisotopic (exact) mass is 584 g/mol. The van der Waals surface area contributed by atoms with E-state index in [1.54, 1.807) is 0 Å². The first-order valence-corrected chi connectivity index (χ1v) is 15.2. The van der Waals surface area contributed by atoms with Crippen molar-refractivity contribution >= 4 is 17.3 Å². The van der Waals surface area contributed by atoms with Crippen molar-refractivity contribution in [2.24, 2.45) is 0 Å². The van der Waals surface area contributed by atoms with Crippen molar-refractivity contribution in [3.05, 3.63) is 130 Å². The van der Waals surface area contributed by atoms with E-state index in [1.807, 2.05) is 52.2 Å². The number of nitrogens with one attached hydrogen (secondary N) is 2. The van der Waals surface area contributed by atoms with E-state index in [9.17, 15) is 4.79 Å². The Morgan fingerprint density at radius 1 is 0.773 bits per heavy atom. The molecule has 1 amide bonds. The maximum Gasteiger partial charge on any atom is 0.255 e. The summed E-state index contributed by atoms with van der Waals surface area (Å²) in [6.07, 6.45) is 1.94. The fourth-order valence-corrected chi connectivity index (χ4v) is 6.76. The largest absolute Gasteiger partial charge is 0.456 e. The summed E-state index contributed by atoms with van der Waals surface area (Å²) >= 11 is 0. The molecule has 5 aromatic rings. The van der Waals surface area contributed by atoms with Gasteiger partial charge in [0.25, 0.3) is 5.91 Å². The number of nitrogens with zero attached hydrogens (tertiary/aromatic N) is 4. The summed E-state index contributed by atoms with van der Waals surface area (Å²) in [7, 11) is 0. The van der Waals surface area contributed by atoms with Crippen molar-refractivity contribution in [1.82, 2.24) is 19.9 Å². The smallest absolute Gasteiger partial charge is 0.255 e. The highest BCUT2D eigenvalue weighted by atomic mass is 16.5. The SMILES string of the molecule is CCNc1cc2c(cc1C)C1(c3cc(C)c(NCC)cc3O2)c2ccccc2C(=O)N1Cc1cn(Cc2ccccc2)nn1. The van der Waals surface area contributed by atoms with Gasteiger partial charge in [-0.15, -0.1) is 5.10 Å². The van der Waals surface area contributed by atoms with Crippen LogP contribution in [0.15, 0.2) is 85.1 Å². The molecule has 1 aromatic heterocycles. The van der Waals surface area contributed by atoms with Crippen molar-refractivity contribution in [1.29, 1.82) is 0 Å². The van der Waals surface area contributed by atoms with Gasteiger partial charge in [0.05, 0.1) is 19.3 Å². The lowest BCUT2D eigenvalue weighted by atomic mass is 9.73.